The van der Waals surface area contributed by atoms with Gasteiger partial charge in [-0.25, -0.2) is 0 Å². The number of rotatable bonds is 5. The molecule has 2 aromatic heterocycles. The Kier molecular flexibility index (Phi) is 13.5. The Balaban J connectivity index is 0.000000146. The zero-order valence-electron chi connectivity index (χ0n) is 60.1. The molecule has 488 valence electrons. The molecule has 0 amide bonds. The van der Waals surface area contributed by atoms with E-state index in [1.807, 2.05) is 0 Å². The molecule has 2 saturated carbocycles. The molecule has 0 bridgehead atoms. The van der Waals surface area contributed by atoms with Crippen molar-refractivity contribution in [3.8, 4) is 0 Å². The fraction of sp³-hybridized carbons (Fsp3) is 0.333. The molecule has 0 spiro atoms. The molecule has 6 heterocycles. The summed E-state index contributed by atoms with van der Waals surface area (Å²) in [6.45, 7) is 37.9. The average molecular weight is 1270 g/mol. The lowest BCUT2D eigenvalue weighted by molar-refractivity contribution is 0.195. The molecular formula is C90H93BN4O2. The summed E-state index contributed by atoms with van der Waals surface area (Å²) in [6, 6.07) is 66.5. The van der Waals surface area contributed by atoms with Crippen LogP contribution in [-0.4, -0.2) is 17.8 Å². The molecule has 0 N–H and O–H groups in total. The molecule has 97 heavy (non-hydrogen) atoms. The van der Waals surface area contributed by atoms with Crippen molar-refractivity contribution < 1.29 is 8.83 Å². The number of furan rings is 2. The van der Waals surface area contributed by atoms with Gasteiger partial charge in [-0.2, -0.15) is 0 Å². The summed E-state index contributed by atoms with van der Waals surface area (Å²) in [6.07, 6.45) is 9.96. The Bertz CT molecular complexity index is 5260. The van der Waals surface area contributed by atoms with E-state index < -0.39 is 0 Å². The second-order valence-corrected chi connectivity index (χ2v) is 33.0. The van der Waals surface area contributed by atoms with Gasteiger partial charge in [0.05, 0.1) is 44.6 Å². The predicted octanol–water partition coefficient (Wildman–Crippen LogP) is 23.2. The van der Waals surface area contributed by atoms with Crippen molar-refractivity contribution in [3.63, 3.8) is 0 Å². The van der Waals surface area contributed by atoms with Gasteiger partial charge in [-0.05, 0) is 231 Å². The van der Waals surface area contributed by atoms with E-state index in [-0.39, 0.29) is 39.5 Å². The minimum atomic E-state index is -0.00814. The molecular weight excluding hydrogens is 1180 g/mol. The normalized spacial score (nSPS) is 21.4. The lowest BCUT2D eigenvalue weighted by Crippen LogP contribution is -2.64. The van der Waals surface area contributed by atoms with E-state index in [1.165, 1.54) is 180 Å². The van der Waals surface area contributed by atoms with Crippen molar-refractivity contribution in [2.75, 3.05) is 19.6 Å². The van der Waals surface area contributed by atoms with Crippen molar-refractivity contribution in [1.82, 2.24) is 0 Å². The third kappa shape index (κ3) is 8.70. The van der Waals surface area contributed by atoms with E-state index >= 15 is 0 Å². The van der Waals surface area contributed by atoms with Crippen LogP contribution in [-0.2, 0) is 21.7 Å². The smallest absolute Gasteiger partial charge is 0.252 e. The second kappa shape index (κ2) is 21.3. The van der Waals surface area contributed by atoms with Crippen LogP contribution in [0.3, 0.4) is 0 Å². The summed E-state index contributed by atoms with van der Waals surface area (Å²) in [5, 5.41) is 4.68. The van der Waals surface area contributed by atoms with Gasteiger partial charge in [0, 0.05) is 55.7 Å². The molecule has 0 saturated heterocycles. The number of anilines is 10. The fourth-order valence-corrected chi connectivity index (χ4v) is 19.9. The molecule has 18 rings (SSSR count). The fourth-order valence-electron chi connectivity index (χ4n) is 19.9. The minimum absolute atomic E-state index is 0.00814. The van der Waals surface area contributed by atoms with Gasteiger partial charge in [0.15, 0.2) is 0 Å². The van der Waals surface area contributed by atoms with Crippen molar-refractivity contribution in [2.45, 2.75) is 195 Å². The number of nitrogens with zero attached hydrogens (tertiary/aromatic N) is 4. The van der Waals surface area contributed by atoms with E-state index in [0.717, 1.165) is 38.8 Å². The van der Waals surface area contributed by atoms with Gasteiger partial charge in [0.1, 0.15) is 22.3 Å². The Labute approximate surface area is 575 Å². The zero-order chi connectivity index (χ0) is 67.4. The highest BCUT2D eigenvalue weighted by Crippen LogP contribution is 2.64. The van der Waals surface area contributed by atoms with Crippen LogP contribution in [0.4, 0.5) is 56.9 Å². The number of hydrogen-bond acceptors (Lipinski definition) is 6. The van der Waals surface area contributed by atoms with Crippen LogP contribution in [0.15, 0.2) is 185 Å². The molecule has 2 aliphatic carbocycles. The maximum Gasteiger partial charge on any atom is 0.252 e. The Morgan fingerprint density at radius 3 is 1.60 bits per heavy atom. The molecule has 7 heteroatoms. The highest BCUT2D eigenvalue weighted by molar-refractivity contribution is 7.00. The molecule has 12 aromatic rings. The number of aryl methyl sites for hydroxylation is 6. The molecule has 4 unspecified atom stereocenters. The number of fused-ring (bicyclic) bond motifs is 17. The summed E-state index contributed by atoms with van der Waals surface area (Å²) in [5.41, 5.74) is 34.7. The van der Waals surface area contributed by atoms with Crippen LogP contribution < -0.4 is 36.0 Å². The topological polar surface area (TPSA) is 39.2 Å². The molecule has 10 aromatic carbocycles. The average Bonchev–Trinajstić information content (AvgIpc) is 1.37. The first kappa shape index (κ1) is 61.6. The van der Waals surface area contributed by atoms with Gasteiger partial charge in [0.25, 0.3) is 6.71 Å². The van der Waals surface area contributed by atoms with Crippen molar-refractivity contribution >= 4 is 124 Å². The first-order chi connectivity index (χ1) is 46.3. The Morgan fingerprint density at radius 2 is 0.938 bits per heavy atom. The summed E-state index contributed by atoms with van der Waals surface area (Å²) >= 11 is 0. The van der Waals surface area contributed by atoms with Gasteiger partial charge in [-0.1, -0.05) is 190 Å². The molecule has 0 radical (unpaired) electrons. The van der Waals surface area contributed by atoms with Gasteiger partial charge < -0.3 is 28.4 Å². The Hall–Kier alpha value is -8.94. The largest absolute Gasteiger partial charge is 0.456 e. The number of para-hydroxylation sites is 4. The monoisotopic (exact) mass is 1270 g/mol. The summed E-state index contributed by atoms with van der Waals surface area (Å²) in [5.74, 6) is 0. The third-order valence-electron chi connectivity index (χ3n) is 25.0. The maximum absolute atomic E-state index is 6.62. The number of hydrogen-bond donors (Lipinski definition) is 0. The first-order valence-electron chi connectivity index (χ1n) is 36.1. The maximum atomic E-state index is 6.62. The van der Waals surface area contributed by atoms with Gasteiger partial charge in [-0.15, -0.1) is 0 Å². The van der Waals surface area contributed by atoms with Gasteiger partial charge in [-0.3, -0.25) is 0 Å². The molecule has 2 fully saturated rings. The van der Waals surface area contributed by atoms with Crippen LogP contribution in [0.1, 0.15) is 176 Å². The SMILES string of the molecule is Cc1cc(N(c2c(C)cc(C(C)(C)C)cc2C)c2cccc3oc4ccccc4c23)cc(N2c3ccccc3C3(C)CCCCC23C)c1.Cc1cc2c3c(c1)N1c4c(cccc4C4(C)CCCCC14C)B3c1ccc3oc4ccccc4c3c1N2c1c(C)cc(C(C)(C)C)cc1C. The van der Waals surface area contributed by atoms with Crippen molar-refractivity contribution in [3.05, 3.63) is 232 Å². The third-order valence-corrected chi connectivity index (χ3v) is 25.0. The quantitative estimate of drug-likeness (QED) is 0.160. The van der Waals surface area contributed by atoms with E-state index in [2.05, 4.69) is 306 Å². The van der Waals surface area contributed by atoms with E-state index in [9.17, 15) is 0 Å². The molecule has 4 aliphatic heterocycles. The van der Waals surface area contributed by atoms with Crippen LogP contribution in [0.25, 0.3) is 43.9 Å². The Morgan fingerprint density at radius 1 is 0.423 bits per heavy atom. The van der Waals surface area contributed by atoms with Crippen molar-refractivity contribution in [2.24, 2.45) is 0 Å². The lowest BCUT2D eigenvalue weighted by Gasteiger charge is -2.53. The van der Waals surface area contributed by atoms with Gasteiger partial charge in [0.2, 0.25) is 0 Å². The summed E-state index contributed by atoms with van der Waals surface area (Å²) in [7, 11) is 0. The van der Waals surface area contributed by atoms with Crippen LogP contribution in [0, 0.1) is 41.5 Å². The predicted molar refractivity (Wildman–Crippen MR) is 413 cm³/mol. The highest BCUT2D eigenvalue weighted by atomic mass is 16.3. The summed E-state index contributed by atoms with van der Waals surface area (Å²) in [4.78, 5) is 10.7. The second-order valence-electron chi connectivity index (χ2n) is 33.0. The van der Waals surface area contributed by atoms with Gasteiger partial charge >= 0.3 is 0 Å². The number of benzene rings is 10. The zero-order valence-corrected chi connectivity index (χ0v) is 60.1. The first-order valence-corrected chi connectivity index (χ1v) is 36.1. The van der Waals surface area contributed by atoms with Crippen LogP contribution in [0.5, 0.6) is 0 Å². The molecule has 4 atom stereocenters. The lowest BCUT2D eigenvalue weighted by atomic mass is 9.33. The molecule has 6 nitrogen and oxygen atoms in total. The van der Waals surface area contributed by atoms with Crippen LogP contribution in [0.2, 0.25) is 0 Å². The molecule has 6 aliphatic rings. The van der Waals surface area contributed by atoms with E-state index in [1.54, 1.807) is 5.56 Å². The van der Waals surface area contributed by atoms with Crippen LogP contribution >= 0.6 is 0 Å². The minimum Gasteiger partial charge on any atom is -0.456 e. The van der Waals surface area contributed by atoms with E-state index in [0.29, 0.717) is 0 Å². The summed E-state index contributed by atoms with van der Waals surface area (Å²) < 4.78 is 13.1. The highest BCUT2D eigenvalue weighted by Gasteiger charge is 2.62. The standard InChI is InChI=1S/C45H45BN2O.C45H48N2O/c1-26-22-34-39-35(23-26)48-41-31(44(7)20-11-12-21-45(44,48)8)15-13-16-32(41)46(39)33-18-19-37-38(30-14-9-10-17-36(30)49-37)42(33)47(34)40-27(2)24-29(25-28(40)3)43(4,5)6;1-29-24-33(28-34(25-29)47-37-18-11-10-17-36(37)44(7)22-13-14-23-45(44,47)8)46(42-30(2)26-32(27-31(42)3)43(4,5)6)38-19-15-21-40-41(38)35-16-9-12-20-39(35)48-40/h9-10,13-19,22-25H,11-12,20-21H2,1-8H3;9-12,15-21,24-28H,13-14,22-23H2,1-8H3. The van der Waals surface area contributed by atoms with Crippen molar-refractivity contribution in [1.29, 1.82) is 0 Å². The van der Waals surface area contributed by atoms with E-state index in [4.69, 9.17) is 8.83 Å².